The first-order valence-corrected chi connectivity index (χ1v) is 7.25. The Balaban J connectivity index is 2.27. The zero-order valence-corrected chi connectivity index (χ0v) is 12.5. The highest BCUT2D eigenvalue weighted by molar-refractivity contribution is 9.10. The zero-order valence-electron chi connectivity index (χ0n) is 8.54. The average Bonchev–Trinajstić information content (AvgIpc) is 2.68. The van der Waals surface area contributed by atoms with Crippen LogP contribution in [0.3, 0.4) is 0 Å². The number of hydrogen-bond acceptors (Lipinski definition) is 2. The maximum absolute atomic E-state index is 13.3. The second-order valence-electron chi connectivity index (χ2n) is 3.39. The Bertz CT molecular complexity index is 565. The van der Waals surface area contributed by atoms with Crippen LogP contribution in [0.25, 0.3) is 0 Å². The van der Waals surface area contributed by atoms with Crippen LogP contribution in [0, 0.1) is 5.82 Å². The van der Waals surface area contributed by atoms with E-state index in [1.165, 1.54) is 23.5 Å². The lowest BCUT2D eigenvalue weighted by molar-refractivity contribution is 0.0992. The third-order valence-electron chi connectivity index (χ3n) is 2.26. The van der Waals surface area contributed by atoms with Gasteiger partial charge in [-0.3, -0.25) is 4.79 Å². The Kier molecular flexibility index (Phi) is 4.12. The molecule has 5 heteroatoms. The highest BCUT2D eigenvalue weighted by atomic mass is 79.9. The summed E-state index contributed by atoms with van der Waals surface area (Å²) in [6.45, 7) is 0. The Morgan fingerprint density at radius 3 is 2.71 bits per heavy atom. The molecule has 2 rings (SSSR count). The summed E-state index contributed by atoms with van der Waals surface area (Å²) in [6, 6.07) is 6.38. The summed E-state index contributed by atoms with van der Waals surface area (Å²) >= 11 is 7.98. The number of hydrogen-bond donors (Lipinski definition) is 0. The van der Waals surface area contributed by atoms with Crippen LogP contribution >= 0.6 is 43.2 Å². The number of Topliss-reactive ketones (excluding diaryl/α,β-unsaturated/α-hetero) is 1. The van der Waals surface area contributed by atoms with Crippen molar-refractivity contribution in [2.24, 2.45) is 0 Å². The van der Waals surface area contributed by atoms with Crippen LogP contribution in [0.4, 0.5) is 4.39 Å². The maximum atomic E-state index is 13.3. The highest BCUT2D eigenvalue weighted by Gasteiger charge is 2.15. The van der Waals surface area contributed by atoms with Crippen LogP contribution in [0.5, 0.6) is 0 Å². The molecule has 0 aliphatic rings. The third kappa shape index (κ3) is 2.84. The fourth-order valence-electron chi connectivity index (χ4n) is 1.41. The van der Waals surface area contributed by atoms with Crippen LogP contribution < -0.4 is 0 Å². The molecule has 0 bridgehead atoms. The van der Waals surface area contributed by atoms with Crippen molar-refractivity contribution >= 4 is 49.0 Å². The second-order valence-corrected chi connectivity index (χ2v) is 6.04. The predicted molar refractivity (Wildman–Crippen MR) is 74.2 cm³/mol. The molecule has 88 valence electrons. The summed E-state index contributed by atoms with van der Waals surface area (Å²) in [6.07, 6.45) is 0.278. The molecule has 0 aliphatic carbocycles. The summed E-state index contributed by atoms with van der Waals surface area (Å²) in [5, 5.41) is 1.91. The van der Waals surface area contributed by atoms with E-state index in [2.05, 4.69) is 31.9 Å². The van der Waals surface area contributed by atoms with Crippen molar-refractivity contribution in [2.45, 2.75) is 6.42 Å². The van der Waals surface area contributed by atoms with Crippen molar-refractivity contribution in [3.05, 3.63) is 54.8 Å². The molecule has 0 saturated heterocycles. The monoisotopic (exact) mass is 376 g/mol. The normalized spacial score (nSPS) is 10.5. The molecule has 0 aliphatic heterocycles. The minimum Gasteiger partial charge on any atom is -0.294 e. The number of rotatable bonds is 3. The van der Waals surface area contributed by atoms with Gasteiger partial charge in [0.15, 0.2) is 5.78 Å². The summed E-state index contributed by atoms with van der Waals surface area (Å²) in [7, 11) is 0. The van der Waals surface area contributed by atoms with E-state index in [-0.39, 0.29) is 16.7 Å². The van der Waals surface area contributed by atoms with E-state index in [9.17, 15) is 9.18 Å². The molecule has 1 heterocycles. The first kappa shape index (κ1) is 12.9. The molecule has 1 aromatic heterocycles. The molecule has 0 unspecified atom stereocenters. The molecule has 0 radical (unpaired) electrons. The molecule has 0 fully saturated rings. The van der Waals surface area contributed by atoms with E-state index in [4.69, 9.17) is 0 Å². The highest BCUT2D eigenvalue weighted by Crippen LogP contribution is 2.26. The fourth-order valence-corrected chi connectivity index (χ4v) is 3.39. The van der Waals surface area contributed by atoms with Crippen molar-refractivity contribution < 1.29 is 9.18 Å². The minimum atomic E-state index is -0.416. The zero-order chi connectivity index (χ0) is 12.4. The van der Waals surface area contributed by atoms with Gasteiger partial charge in [-0.05, 0) is 49.4 Å². The van der Waals surface area contributed by atoms with Crippen molar-refractivity contribution in [3.63, 3.8) is 0 Å². The van der Waals surface area contributed by atoms with Crippen LogP contribution in [0.2, 0.25) is 0 Å². The summed E-state index contributed by atoms with van der Waals surface area (Å²) in [5.41, 5.74) is 0.380. The van der Waals surface area contributed by atoms with Crippen LogP contribution in [0.15, 0.2) is 38.6 Å². The van der Waals surface area contributed by atoms with Gasteiger partial charge in [-0.2, -0.15) is 0 Å². The van der Waals surface area contributed by atoms with Crippen molar-refractivity contribution in [3.8, 4) is 0 Å². The van der Waals surface area contributed by atoms with Gasteiger partial charge >= 0.3 is 0 Å². The van der Waals surface area contributed by atoms with Gasteiger partial charge < -0.3 is 0 Å². The Morgan fingerprint density at radius 1 is 1.29 bits per heavy atom. The lowest BCUT2D eigenvalue weighted by Crippen LogP contribution is -2.04. The number of ketones is 1. The summed E-state index contributed by atoms with van der Waals surface area (Å²) in [4.78, 5) is 13.0. The van der Waals surface area contributed by atoms with E-state index >= 15 is 0 Å². The van der Waals surface area contributed by atoms with Crippen LogP contribution in [0.1, 0.15) is 15.2 Å². The smallest absolute Gasteiger partial charge is 0.169 e. The molecule has 0 N–H and O–H groups in total. The molecule has 2 aromatic rings. The van der Waals surface area contributed by atoms with E-state index in [1.807, 2.05) is 11.4 Å². The van der Waals surface area contributed by atoms with Crippen LogP contribution in [-0.4, -0.2) is 5.78 Å². The van der Waals surface area contributed by atoms with E-state index in [0.29, 0.717) is 5.56 Å². The minimum absolute atomic E-state index is 0.0977. The van der Waals surface area contributed by atoms with Gasteiger partial charge in [-0.25, -0.2) is 4.39 Å². The Labute approximate surface area is 119 Å². The molecular formula is C12H7Br2FOS. The molecular weight excluding hydrogens is 371 g/mol. The molecule has 0 spiro atoms. The van der Waals surface area contributed by atoms with Gasteiger partial charge in [0, 0.05) is 21.3 Å². The first-order chi connectivity index (χ1) is 8.09. The molecule has 0 amide bonds. The SMILES string of the molecule is O=C(Cc1sccc1Br)c1cccc(F)c1Br. The Morgan fingerprint density at radius 2 is 2.06 bits per heavy atom. The lowest BCUT2D eigenvalue weighted by atomic mass is 10.1. The van der Waals surface area contributed by atoms with Crippen molar-refractivity contribution in [1.82, 2.24) is 0 Å². The van der Waals surface area contributed by atoms with Gasteiger partial charge in [0.1, 0.15) is 5.82 Å². The molecule has 1 aromatic carbocycles. The van der Waals surface area contributed by atoms with Gasteiger partial charge in [0.25, 0.3) is 0 Å². The molecule has 0 atom stereocenters. The van der Waals surface area contributed by atoms with Crippen molar-refractivity contribution in [2.75, 3.05) is 0 Å². The maximum Gasteiger partial charge on any atom is 0.169 e. The summed E-state index contributed by atoms with van der Waals surface area (Å²) < 4.78 is 14.4. The van der Waals surface area contributed by atoms with E-state index < -0.39 is 5.82 Å². The molecule has 1 nitrogen and oxygen atoms in total. The topological polar surface area (TPSA) is 17.1 Å². The van der Waals surface area contributed by atoms with Gasteiger partial charge in [-0.15, -0.1) is 11.3 Å². The van der Waals surface area contributed by atoms with E-state index in [0.717, 1.165) is 9.35 Å². The number of carbonyl (C=O) groups excluding carboxylic acids is 1. The second kappa shape index (κ2) is 5.42. The van der Waals surface area contributed by atoms with Crippen molar-refractivity contribution in [1.29, 1.82) is 0 Å². The standard InChI is InChI=1S/C12H7Br2FOS/c13-8-4-5-17-11(8)6-10(16)7-2-1-3-9(15)12(7)14/h1-5H,6H2. The number of carbonyl (C=O) groups is 1. The van der Waals surface area contributed by atoms with E-state index in [1.54, 1.807) is 6.07 Å². The lowest BCUT2D eigenvalue weighted by Gasteiger charge is -2.03. The number of thiophene rings is 1. The first-order valence-electron chi connectivity index (χ1n) is 4.78. The molecule has 0 saturated carbocycles. The fraction of sp³-hybridized carbons (Fsp3) is 0.0833. The van der Waals surface area contributed by atoms with Gasteiger partial charge in [0.2, 0.25) is 0 Å². The Hall–Kier alpha value is -0.520. The third-order valence-corrected chi connectivity index (χ3v) is 5.00. The number of benzene rings is 1. The number of halogens is 3. The van der Waals surface area contributed by atoms with Gasteiger partial charge in [0.05, 0.1) is 4.47 Å². The average molecular weight is 378 g/mol. The van der Waals surface area contributed by atoms with Crippen LogP contribution in [-0.2, 0) is 6.42 Å². The largest absolute Gasteiger partial charge is 0.294 e. The summed E-state index contributed by atoms with van der Waals surface area (Å²) in [5.74, 6) is -0.513. The quantitative estimate of drug-likeness (QED) is 0.699. The van der Waals surface area contributed by atoms with Gasteiger partial charge in [-0.1, -0.05) is 12.1 Å². The molecule has 17 heavy (non-hydrogen) atoms. The predicted octanol–water partition coefficient (Wildman–Crippen LogP) is 4.84.